The van der Waals surface area contributed by atoms with Crippen molar-refractivity contribution < 1.29 is 22.8 Å². The van der Waals surface area contributed by atoms with E-state index in [1.54, 1.807) is 18.2 Å². The summed E-state index contributed by atoms with van der Waals surface area (Å²) >= 11 is 0. The standard InChI is InChI=1S/C17H27O5PSi/c1-14(12-16(18)15-10-8-7-9-11-15)13-17(22-24(4,5)6)23(19,20-2)21-3/h7-11,13-14H,12H2,1-6H3/b17-13-/t14-/m1/s1. The summed E-state index contributed by atoms with van der Waals surface area (Å²) < 4.78 is 28.8. The molecule has 0 aliphatic heterocycles. The number of allylic oxidation sites excluding steroid dienone is 1. The third-order valence-electron chi connectivity index (χ3n) is 3.19. The molecule has 7 heteroatoms. The van der Waals surface area contributed by atoms with E-state index >= 15 is 0 Å². The van der Waals surface area contributed by atoms with Crippen molar-refractivity contribution in [3.05, 3.63) is 47.5 Å². The van der Waals surface area contributed by atoms with Crippen LogP contribution in [0.2, 0.25) is 19.6 Å². The van der Waals surface area contributed by atoms with Crippen molar-refractivity contribution in [1.29, 1.82) is 0 Å². The smallest absolute Gasteiger partial charge is 0.393 e. The van der Waals surface area contributed by atoms with Crippen LogP contribution >= 0.6 is 7.60 Å². The number of rotatable bonds is 9. The predicted octanol–water partition coefficient (Wildman–Crippen LogP) is 5.07. The van der Waals surface area contributed by atoms with E-state index in [0.717, 1.165) is 0 Å². The molecule has 1 atom stereocenters. The Labute approximate surface area is 145 Å². The summed E-state index contributed by atoms with van der Waals surface area (Å²) in [6, 6.07) is 9.10. The SMILES string of the molecule is COP(=O)(OC)/C(=C\[C@H](C)CC(=O)c1ccccc1)O[Si](C)(C)C. The minimum Gasteiger partial charge on any atom is -0.539 e. The molecule has 0 aliphatic rings. The number of carbonyl (C=O) groups excluding carboxylic acids is 1. The molecule has 1 aromatic carbocycles. The summed E-state index contributed by atoms with van der Waals surface area (Å²) in [4.78, 5) is 12.3. The van der Waals surface area contributed by atoms with E-state index in [9.17, 15) is 9.36 Å². The highest BCUT2D eigenvalue weighted by molar-refractivity contribution is 7.58. The second-order valence-corrected chi connectivity index (χ2v) is 13.1. The molecule has 0 unspecified atom stereocenters. The van der Waals surface area contributed by atoms with Gasteiger partial charge >= 0.3 is 7.60 Å². The maximum atomic E-state index is 12.7. The van der Waals surface area contributed by atoms with Crippen LogP contribution in [0.1, 0.15) is 23.7 Å². The Bertz CT molecular complexity index is 614. The van der Waals surface area contributed by atoms with Crippen LogP contribution in [0.3, 0.4) is 0 Å². The first-order valence-corrected chi connectivity index (χ1v) is 12.8. The molecule has 24 heavy (non-hydrogen) atoms. The van der Waals surface area contributed by atoms with Crippen molar-refractivity contribution in [2.75, 3.05) is 14.2 Å². The van der Waals surface area contributed by atoms with E-state index in [2.05, 4.69) is 0 Å². The quantitative estimate of drug-likeness (QED) is 0.263. The summed E-state index contributed by atoms with van der Waals surface area (Å²) in [5.74, 6) is -0.140. The molecule has 0 heterocycles. The van der Waals surface area contributed by atoms with Crippen LogP contribution in [0.25, 0.3) is 0 Å². The summed E-state index contributed by atoms with van der Waals surface area (Å²) in [6.45, 7) is 7.83. The molecule has 0 aliphatic carbocycles. The summed E-state index contributed by atoms with van der Waals surface area (Å²) in [7, 11) is -2.86. The Kier molecular flexibility index (Phi) is 7.61. The van der Waals surface area contributed by atoms with E-state index < -0.39 is 15.9 Å². The van der Waals surface area contributed by atoms with Gasteiger partial charge in [-0.3, -0.25) is 9.36 Å². The van der Waals surface area contributed by atoms with Gasteiger partial charge in [-0.05, 0) is 31.6 Å². The molecule has 0 fully saturated rings. The fourth-order valence-corrected chi connectivity index (χ4v) is 5.00. The van der Waals surface area contributed by atoms with Gasteiger partial charge in [0.2, 0.25) is 8.32 Å². The lowest BCUT2D eigenvalue weighted by atomic mass is 10.00. The van der Waals surface area contributed by atoms with Crippen LogP contribution in [0.15, 0.2) is 41.9 Å². The van der Waals surface area contributed by atoms with Gasteiger partial charge in [0.1, 0.15) is 0 Å². The molecule has 0 bridgehead atoms. The number of Topliss-reactive ketones (excluding diaryl/α,β-unsaturated/α-hetero) is 1. The first-order valence-electron chi connectivity index (χ1n) is 7.82. The van der Waals surface area contributed by atoms with E-state index in [0.29, 0.717) is 5.56 Å². The van der Waals surface area contributed by atoms with Gasteiger partial charge in [-0.2, -0.15) is 0 Å². The van der Waals surface area contributed by atoms with Gasteiger partial charge in [0.15, 0.2) is 11.3 Å². The summed E-state index contributed by atoms with van der Waals surface area (Å²) in [6.07, 6.45) is 1.98. The van der Waals surface area contributed by atoms with Gasteiger partial charge in [0.25, 0.3) is 0 Å². The highest BCUT2D eigenvalue weighted by atomic mass is 31.2. The molecule has 1 rings (SSSR count). The topological polar surface area (TPSA) is 61.8 Å². The number of benzene rings is 1. The van der Waals surface area contributed by atoms with Gasteiger partial charge in [-0.15, -0.1) is 0 Å². The second-order valence-electron chi connectivity index (χ2n) is 6.55. The Balaban J connectivity index is 3.00. The third-order valence-corrected chi connectivity index (χ3v) is 5.94. The van der Waals surface area contributed by atoms with Gasteiger partial charge in [0.05, 0.1) is 0 Å². The van der Waals surface area contributed by atoms with Crippen LogP contribution in [-0.4, -0.2) is 28.3 Å². The molecule has 0 amide bonds. The van der Waals surface area contributed by atoms with Crippen LogP contribution in [0.4, 0.5) is 0 Å². The van der Waals surface area contributed by atoms with Gasteiger partial charge in [-0.25, -0.2) is 0 Å². The molecule has 0 saturated carbocycles. The molecule has 0 saturated heterocycles. The number of carbonyl (C=O) groups is 1. The number of hydrogen-bond acceptors (Lipinski definition) is 5. The molecule has 0 aromatic heterocycles. The Morgan fingerprint density at radius 1 is 1.17 bits per heavy atom. The average Bonchev–Trinajstić information content (AvgIpc) is 2.53. The molecule has 0 radical (unpaired) electrons. The summed E-state index contributed by atoms with van der Waals surface area (Å²) in [5.41, 5.74) is 0.854. The molecule has 5 nitrogen and oxygen atoms in total. The highest BCUT2D eigenvalue weighted by Crippen LogP contribution is 2.56. The highest BCUT2D eigenvalue weighted by Gasteiger charge is 2.34. The van der Waals surface area contributed by atoms with Crippen LogP contribution in [0.5, 0.6) is 0 Å². The van der Waals surface area contributed by atoms with Crippen LogP contribution in [0, 0.1) is 5.92 Å². The fourth-order valence-electron chi connectivity index (χ4n) is 2.09. The minimum absolute atomic E-state index is 0.0244. The maximum absolute atomic E-state index is 12.7. The second kappa shape index (κ2) is 8.76. The largest absolute Gasteiger partial charge is 0.539 e. The Hall–Kier alpha value is -1.20. The molecule has 0 N–H and O–H groups in total. The van der Waals surface area contributed by atoms with Crippen LogP contribution in [-0.2, 0) is 18.0 Å². The van der Waals surface area contributed by atoms with E-state index in [1.807, 2.05) is 44.8 Å². The first kappa shape index (κ1) is 20.8. The minimum atomic E-state index is -3.49. The predicted molar refractivity (Wildman–Crippen MR) is 98.7 cm³/mol. The van der Waals surface area contributed by atoms with E-state index in [4.69, 9.17) is 13.5 Å². The zero-order valence-corrected chi connectivity index (χ0v) is 17.1. The normalized spacial score (nSPS) is 14.3. The zero-order valence-electron chi connectivity index (χ0n) is 15.2. The van der Waals surface area contributed by atoms with Crippen LogP contribution < -0.4 is 0 Å². The lowest BCUT2D eigenvalue weighted by Gasteiger charge is -2.26. The maximum Gasteiger partial charge on any atom is 0.393 e. The molecular weight excluding hydrogens is 343 g/mol. The third kappa shape index (κ3) is 6.36. The van der Waals surface area contributed by atoms with Crippen molar-refractivity contribution in [3.8, 4) is 0 Å². The monoisotopic (exact) mass is 370 g/mol. The van der Waals surface area contributed by atoms with Crippen molar-refractivity contribution in [2.45, 2.75) is 33.0 Å². The number of hydrogen-bond donors (Lipinski definition) is 0. The van der Waals surface area contributed by atoms with Crippen molar-refractivity contribution in [2.24, 2.45) is 5.92 Å². The van der Waals surface area contributed by atoms with Gasteiger partial charge in [-0.1, -0.05) is 37.3 Å². The number of ketones is 1. The Morgan fingerprint density at radius 2 is 1.71 bits per heavy atom. The van der Waals surface area contributed by atoms with E-state index in [1.165, 1.54) is 14.2 Å². The molecule has 1 aromatic rings. The van der Waals surface area contributed by atoms with Gasteiger partial charge in [0, 0.05) is 26.2 Å². The zero-order chi connectivity index (χ0) is 18.4. The van der Waals surface area contributed by atoms with E-state index in [-0.39, 0.29) is 23.6 Å². The Morgan fingerprint density at radius 3 is 2.17 bits per heavy atom. The lowest BCUT2D eigenvalue weighted by molar-refractivity contribution is 0.0971. The van der Waals surface area contributed by atoms with Crippen molar-refractivity contribution >= 4 is 21.7 Å². The van der Waals surface area contributed by atoms with Crippen molar-refractivity contribution in [1.82, 2.24) is 0 Å². The lowest BCUT2D eigenvalue weighted by Crippen LogP contribution is -2.25. The van der Waals surface area contributed by atoms with Gasteiger partial charge < -0.3 is 13.5 Å². The summed E-state index contributed by atoms with van der Waals surface area (Å²) in [5, 5.41) is 0. The molecule has 0 spiro atoms. The average molecular weight is 370 g/mol. The fraction of sp³-hybridized carbons (Fsp3) is 0.471. The molecular formula is C17H27O5PSi. The van der Waals surface area contributed by atoms with Crippen molar-refractivity contribution in [3.63, 3.8) is 0 Å². The first-order chi connectivity index (χ1) is 11.1. The molecule has 134 valence electrons.